The summed E-state index contributed by atoms with van der Waals surface area (Å²) in [5.41, 5.74) is 2.18. The van der Waals surface area contributed by atoms with Crippen LogP contribution in [0.1, 0.15) is 12.1 Å². The van der Waals surface area contributed by atoms with E-state index in [0.29, 0.717) is 65.5 Å². The Labute approximate surface area is 177 Å². The summed E-state index contributed by atoms with van der Waals surface area (Å²) in [6.07, 6.45) is -0.645. The number of ether oxygens (including phenoxy) is 2. The first-order valence-corrected chi connectivity index (χ1v) is 9.99. The molecular weight excluding hydrogens is 405 g/mol. The summed E-state index contributed by atoms with van der Waals surface area (Å²) in [6, 6.07) is 6.45. The van der Waals surface area contributed by atoms with Gasteiger partial charge < -0.3 is 30.7 Å². The van der Waals surface area contributed by atoms with Crippen LogP contribution in [0.2, 0.25) is 0 Å². The van der Waals surface area contributed by atoms with E-state index in [1.807, 2.05) is 18.2 Å². The molecule has 31 heavy (non-hydrogen) atoms. The van der Waals surface area contributed by atoms with Crippen molar-refractivity contribution in [1.82, 2.24) is 19.9 Å². The van der Waals surface area contributed by atoms with E-state index in [-0.39, 0.29) is 0 Å². The minimum atomic E-state index is -0.983. The number of anilines is 4. The van der Waals surface area contributed by atoms with E-state index >= 15 is 0 Å². The van der Waals surface area contributed by atoms with Crippen molar-refractivity contribution < 1.29 is 18.7 Å². The van der Waals surface area contributed by atoms with E-state index in [1.165, 1.54) is 0 Å². The highest BCUT2D eigenvalue weighted by atomic mass is 19.1. The molecule has 1 saturated carbocycles. The first-order valence-electron chi connectivity index (χ1n) is 9.99. The number of carbonyl (C=O) groups is 1. The number of carbonyl (C=O) groups excluding carboxylic acids is 1. The number of benzene rings is 1. The highest BCUT2D eigenvalue weighted by molar-refractivity contribution is 5.95. The molecule has 0 radical (unpaired) electrons. The number of fused-ring (bicyclic) bond motifs is 2. The molecule has 3 aromatic rings. The monoisotopic (exact) mass is 427 g/mol. The number of aromatic nitrogens is 3. The van der Waals surface area contributed by atoms with E-state index in [0.717, 1.165) is 0 Å². The van der Waals surface area contributed by atoms with Crippen LogP contribution < -0.4 is 30.7 Å². The summed E-state index contributed by atoms with van der Waals surface area (Å²) in [6.45, 7) is 2.73. The summed E-state index contributed by atoms with van der Waals surface area (Å²) >= 11 is 0. The van der Waals surface area contributed by atoms with Gasteiger partial charge in [0, 0.05) is 19.5 Å². The van der Waals surface area contributed by atoms with Gasteiger partial charge in [-0.1, -0.05) is 6.07 Å². The van der Waals surface area contributed by atoms with Crippen LogP contribution in [0, 0.1) is 6.92 Å². The number of halogens is 1. The van der Waals surface area contributed by atoms with Gasteiger partial charge in [-0.05, 0) is 19.1 Å². The first kappa shape index (κ1) is 19.2. The molecule has 1 aromatic carbocycles. The Morgan fingerprint density at radius 2 is 2.10 bits per heavy atom. The zero-order chi connectivity index (χ0) is 21.5. The zero-order valence-electron chi connectivity index (χ0n) is 17.0. The van der Waals surface area contributed by atoms with Crippen molar-refractivity contribution in [3.8, 4) is 11.5 Å². The lowest BCUT2D eigenvalue weighted by Gasteiger charge is -2.21. The van der Waals surface area contributed by atoms with Gasteiger partial charge in [0.1, 0.15) is 36.7 Å². The minimum Gasteiger partial charge on any atom is -0.486 e. The third kappa shape index (κ3) is 3.62. The fourth-order valence-corrected chi connectivity index (χ4v) is 3.45. The second-order valence-electron chi connectivity index (χ2n) is 7.38. The molecule has 0 bridgehead atoms. The Morgan fingerprint density at radius 1 is 1.29 bits per heavy atom. The fraction of sp³-hybridized carbons (Fsp3) is 0.350. The van der Waals surface area contributed by atoms with Gasteiger partial charge in [-0.25, -0.2) is 14.2 Å². The average molecular weight is 427 g/mol. The average Bonchev–Trinajstić information content (AvgIpc) is 3.37. The summed E-state index contributed by atoms with van der Waals surface area (Å²) in [5, 5.41) is 16.2. The maximum absolute atomic E-state index is 13.1. The molecule has 3 heterocycles. The highest BCUT2D eigenvalue weighted by Crippen LogP contribution is 2.39. The number of urea groups is 1. The Bertz CT molecular complexity index is 1170. The summed E-state index contributed by atoms with van der Waals surface area (Å²) in [5.74, 6) is 2.47. The van der Waals surface area contributed by atoms with E-state index in [2.05, 4.69) is 31.3 Å². The molecular formula is C20H22FN7O3. The molecule has 4 N–H and O–H groups in total. The number of rotatable bonds is 5. The van der Waals surface area contributed by atoms with Crippen LogP contribution in [0.3, 0.4) is 0 Å². The molecule has 1 aliphatic carbocycles. The van der Waals surface area contributed by atoms with Crippen molar-refractivity contribution in [3.05, 3.63) is 30.0 Å². The molecule has 2 amide bonds. The van der Waals surface area contributed by atoms with Crippen molar-refractivity contribution in [2.45, 2.75) is 25.6 Å². The van der Waals surface area contributed by atoms with Gasteiger partial charge >= 0.3 is 6.03 Å². The van der Waals surface area contributed by atoms with Crippen LogP contribution in [0.4, 0.5) is 32.2 Å². The fourth-order valence-electron chi connectivity index (χ4n) is 3.45. The van der Waals surface area contributed by atoms with Crippen molar-refractivity contribution in [2.24, 2.45) is 0 Å². The van der Waals surface area contributed by atoms with E-state index in [9.17, 15) is 9.18 Å². The molecule has 0 spiro atoms. The summed E-state index contributed by atoms with van der Waals surface area (Å²) in [7, 11) is 1.77. The molecule has 1 aliphatic heterocycles. The number of nitrogens with zero attached hydrogens (tertiary/aromatic N) is 3. The standard InChI is InChI=1S/C20H22FN7O3/c1-10-17(26-20(29)24-13-8-11(13)21)19-25-15(9-16(22-2)28(19)27-10)23-12-4-3-5-14-18(12)31-7-6-30-14/h3-5,9,11,13,22H,6-8H2,1-2H3,(H,23,25)(H2,24,26,29)/t11-,13+/m0/s1. The minimum absolute atomic E-state index is 0.338. The maximum Gasteiger partial charge on any atom is 0.319 e. The second-order valence-corrected chi connectivity index (χ2v) is 7.38. The van der Waals surface area contributed by atoms with Gasteiger partial charge in [-0.2, -0.15) is 9.61 Å². The number of aryl methyl sites for hydroxylation is 1. The van der Waals surface area contributed by atoms with Gasteiger partial charge in [-0.15, -0.1) is 0 Å². The predicted octanol–water partition coefficient (Wildman–Crippen LogP) is 2.83. The lowest BCUT2D eigenvalue weighted by molar-refractivity contribution is 0.172. The number of hydrogen-bond acceptors (Lipinski definition) is 7. The quantitative estimate of drug-likeness (QED) is 0.495. The van der Waals surface area contributed by atoms with Gasteiger partial charge in [0.05, 0.1) is 17.4 Å². The third-order valence-corrected chi connectivity index (χ3v) is 5.12. The third-order valence-electron chi connectivity index (χ3n) is 5.12. The number of hydrogen-bond donors (Lipinski definition) is 4. The zero-order valence-corrected chi connectivity index (χ0v) is 17.0. The summed E-state index contributed by atoms with van der Waals surface area (Å²) in [4.78, 5) is 16.9. The predicted molar refractivity (Wildman–Crippen MR) is 113 cm³/mol. The van der Waals surface area contributed by atoms with Crippen molar-refractivity contribution in [3.63, 3.8) is 0 Å². The molecule has 2 aliphatic rings. The number of para-hydroxylation sites is 1. The Kier molecular flexibility index (Phi) is 4.64. The molecule has 0 unspecified atom stereocenters. The van der Waals surface area contributed by atoms with Crippen LogP contribution in [-0.4, -0.2) is 53.1 Å². The SMILES string of the molecule is CNc1cc(Nc2cccc3c2OCCO3)nc2c(NC(=O)N[C@@H]3C[C@@H]3F)c(C)nn12. The molecule has 2 aromatic heterocycles. The van der Waals surface area contributed by atoms with Crippen molar-refractivity contribution in [2.75, 3.05) is 36.2 Å². The second kappa shape index (κ2) is 7.49. The molecule has 10 nitrogen and oxygen atoms in total. The molecule has 11 heteroatoms. The molecule has 2 atom stereocenters. The Hall–Kier alpha value is -3.76. The van der Waals surface area contributed by atoms with E-state index < -0.39 is 18.2 Å². The van der Waals surface area contributed by atoms with Crippen LogP contribution in [0.25, 0.3) is 5.65 Å². The molecule has 1 fully saturated rings. The van der Waals surface area contributed by atoms with Gasteiger partial charge in [0.15, 0.2) is 17.1 Å². The number of alkyl halides is 1. The van der Waals surface area contributed by atoms with Crippen molar-refractivity contribution >= 4 is 34.7 Å². The molecule has 5 rings (SSSR count). The van der Waals surface area contributed by atoms with Crippen LogP contribution in [-0.2, 0) is 0 Å². The number of amides is 2. The lowest BCUT2D eigenvalue weighted by atomic mass is 10.2. The Morgan fingerprint density at radius 3 is 2.87 bits per heavy atom. The maximum atomic E-state index is 13.1. The van der Waals surface area contributed by atoms with E-state index in [1.54, 1.807) is 24.6 Å². The topological polar surface area (TPSA) is 114 Å². The molecule has 0 saturated heterocycles. The Balaban J connectivity index is 1.49. The lowest BCUT2D eigenvalue weighted by Crippen LogP contribution is -2.31. The molecule has 162 valence electrons. The van der Waals surface area contributed by atoms with E-state index in [4.69, 9.17) is 9.47 Å². The van der Waals surface area contributed by atoms with Gasteiger partial charge in [0.2, 0.25) is 0 Å². The van der Waals surface area contributed by atoms with Crippen LogP contribution >= 0.6 is 0 Å². The van der Waals surface area contributed by atoms with Crippen LogP contribution in [0.15, 0.2) is 24.3 Å². The van der Waals surface area contributed by atoms with Crippen molar-refractivity contribution in [1.29, 1.82) is 0 Å². The smallest absolute Gasteiger partial charge is 0.319 e. The first-order chi connectivity index (χ1) is 15.0. The largest absolute Gasteiger partial charge is 0.486 e. The highest BCUT2D eigenvalue weighted by Gasteiger charge is 2.38. The van der Waals surface area contributed by atoms with Crippen LogP contribution in [0.5, 0.6) is 11.5 Å². The van der Waals surface area contributed by atoms with Gasteiger partial charge in [0.25, 0.3) is 0 Å². The normalized spacial score (nSPS) is 19.1. The number of nitrogens with one attached hydrogen (secondary N) is 4. The summed E-state index contributed by atoms with van der Waals surface area (Å²) < 4.78 is 26.1. The van der Waals surface area contributed by atoms with Gasteiger partial charge in [-0.3, -0.25) is 0 Å².